The number of aliphatic hydroxyl groups excluding tert-OH is 2. The highest BCUT2D eigenvalue weighted by molar-refractivity contribution is 5.24. The number of halogens is 1. The van der Waals surface area contributed by atoms with Crippen LogP contribution in [0.25, 0.3) is 0 Å². The molecule has 0 aliphatic carbocycles. The first-order chi connectivity index (χ1) is 10.6. The second kappa shape index (κ2) is 6.16. The molecule has 1 saturated heterocycles. The van der Waals surface area contributed by atoms with Gasteiger partial charge in [0.2, 0.25) is 0 Å². The summed E-state index contributed by atoms with van der Waals surface area (Å²) in [5.41, 5.74) is 0.884. The van der Waals surface area contributed by atoms with Crippen molar-refractivity contribution in [3.8, 4) is 0 Å². The minimum Gasteiger partial charge on any atom is -0.395 e. The Morgan fingerprint density at radius 2 is 2.05 bits per heavy atom. The Hall–Kier alpha value is -1.76. The quantitative estimate of drug-likeness (QED) is 0.880. The molecule has 0 spiro atoms. The van der Waals surface area contributed by atoms with E-state index in [1.54, 1.807) is 18.3 Å². The topological polar surface area (TPSA) is 61.5 Å². The van der Waals surface area contributed by atoms with E-state index in [2.05, 4.69) is 4.98 Å². The Morgan fingerprint density at radius 3 is 2.64 bits per heavy atom. The van der Waals surface area contributed by atoms with Gasteiger partial charge in [-0.25, -0.2) is 9.37 Å². The van der Waals surface area contributed by atoms with Crippen molar-refractivity contribution in [3.63, 3.8) is 0 Å². The molecule has 1 fully saturated rings. The molecule has 3 rings (SSSR count). The van der Waals surface area contributed by atoms with Gasteiger partial charge in [0.15, 0.2) is 0 Å². The molecule has 0 radical (unpaired) electrons. The van der Waals surface area contributed by atoms with Crippen molar-refractivity contribution in [2.24, 2.45) is 7.05 Å². The Morgan fingerprint density at radius 1 is 1.32 bits per heavy atom. The highest BCUT2D eigenvalue weighted by Gasteiger charge is 2.41. The van der Waals surface area contributed by atoms with Crippen molar-refractivity contribution in [1.82, 2.24) is 14.5 Å². The maximum absolute atomic E-state index is 13.1. The third-order valence-corrected chi connectivity index (χ3v) is 4.46. The van der Waals surface area contributed by atoms with Gasteiger partial charge in [0.25, 0.3) is 0 Å². The fourth-order valence-electron chi connectivity index (χ4n) is 3.13. The fourth-order valence-corrected chi connectivity index (χ4v) is 3.13. The number of aryl methyl sites for hydroxylation is 1. The van der Waals surface area contributed by atoms with Crippen molar-refractivity contribution in [2.75, 3.05) is 13.2 Å². The van der Waals surface area contributed by atoms with Gasteiger partial charge < -0.3 is 14.8 Å². The van der Waals surface area contributed by atoms with Crippen LogP contribution in [-0.4, -0.2) is 50.0 Å². The van der Waals surface area contributed by atoms with Crippen LogP contribution in [0, 0.1) is 5.82 Å². The van der Waals surface area contributed by atoms with Crippen LogP contribution in [0.5, 0.6) is 0 Å². The second-order valence-corrected chi connectivity index (χ2v) is 5.78. The smallest absolute Gasteiger partial charge is 0.123 e. The molecule has 1 aliphatic heterocycles. The molecule has 2 aromatic rings. The normalized spacial score (nSPS) is 25.7. The van der Waals surface area contributed by atoms with Crippen LogP contribution >= 0.6 is 0 Å². The minimum absolute atomic E-state index is 0.122. The molecule has 0 saturated carbocycles. The van der Waals surface area contributed by atoms with Gasteiger partial charge in [0.05, 0.1) is 25.3 Å². The summed E-state index contributed by atoms with van der Waals surface area (Å²) in [7, 11) is 1.92. The maximum Gasteiger partial charge on any atom is 0.123 e. The number of aromatic nitrogens is 2. The fraction of sp³-hybridized carbons (Fsp3) is 0.438. The predicted molar refractivity (Wildman–Crippen MR) is 79.6 cm³/mol. The molecule has 118 valence electrons. The second-order valence-electron chi connectivity index (χ2n) is 5.78. The van der Waals surface area contributed by atoms with Crippen LogP contribution in [0.3, 0.4) is 0 Å². The lowest BCUT2D eigenvalue weighted by Gasteiger charge is -2.23. The zero-order chi connectivity index (χ0) is 15.7. The van der Waals surface area contributed by atoms with Crippen LogP contribution in [-0.2, 0) is 13.6 Å². The lowest BCUT2D eigenvalue weighted by atomic mass is 9.94. The molecule has 2 heterocycles. The van der Waals surface area contributed by atoms with E-state index >= 15 is 0 Å². The summed E-state index contributed by atoms with van der Waals surface area (Å²) in [6, 6.07) is 5.85. The van der Waals surface area contributed by atoms with Gasteiger partial charge in [0, 0.05) is 31.9 Å². The third kappa shape index (κ3) is 2.77. The predicted octanol–water partition coefficient (Wildman–Crippen LogP) is 0.880. The zero-order valence-corrected chi connectivity index (χ0v) is 12.4. The Bertz CT molecular complexity index is 629. The van der Waals surface area contributed by atoms with Gasteiger partial charge in [-0.15, -0.1) is 0 Å². The summed E-state index contributed by atoms with van der Waals surface area (Å²) in [6.07, 6.45) is 2.91. The Labute approximate surface area is 128 Å². The third-order valence-electron chi connectivity index (χ3n) is 4.46. The average molecular weight is 305 g/mol. The van der Waals surface area contributed by atoms with Crippen LogP contribution in [0.4, 0.5) is 4.39 Å². The van der Waals surface area contributed by atoms with E-state index in [1.165, 1.54) is 12.1 Å². The van der Waals surface area contributed by atoms with Crippen LogP contribution in [0.2, 0.25) is 0 Å². The van der Waals surface area contributed by atoms with Gasteiger partial charge in [-0.1, -0.05) is 12.1 Å². The summed E-state index contributed by atoms with van der Waals surface area (Å²) >= 11 is 0. The van der Waals surface area contributed by atoms with Gasteiger partial charge in [-0.3, -0.25) is 4.90 Å². The molecular weight excluding hydrogens is 285 g/mol. The first-order valence-electron chi connectivity index (χ1n) is 7.34. The number of benzene rings is 1. The van der Waals surface area contributed by atoms with Gasteiger partial charge in [-0.05, 0) is 17.7 Å². The van der Waals surface area contributed by atoms with Crippen molar-refractivity contribution in [1.29, 1.82) is 0 Å². The molecule has 0 unspecified atom stereocenters. The number of nitrogens with zero attached hydrogens (tertiary/aromatic N) is 3. The maximum atomic E-state index is 13.1. The Balaban J connectivity index is 1.80. The first kappa shape index (κ1) is 15.1. The molecule has 0 amide bonds. The van der Waals surface area contributed by atoms with E-state index in [4.69, 9.17) is 0 Å². The molecule has 1 aliphatic rings. The molecule has 3 atom stereocenters. The van der Waals surface area contributed by atoms with Gasteiger partial charge >= 0.3 is 0 Å². The summed E-state index contributed by atoms with van der Waals surface area (Å²) in [5, 5.41) is 20.1. The lowest BCUT2D eigenvalue weighted by molar-refractivity contribution is 0.0628. The molecule has 1 aromatic heterocycles. The number of likely N-dealkylation sites (tertiary alicyclic amines) is 1. The highest BCUT2D eigenvalue weighted by atomic mass is 19.1. The largest absolute Gasteiger partial charge is 0.395 e. The molecule has 6 heteroatoms. The van der Waals surface area contributed by atoms with Crippen molar-refractivity contribution < 1.29 is 14.6 Å². The summed E-state index contributed by atoms with van der Waals surface area (Å²) in [6.45, 7) is 1.04. The van der Waals surface area contributed by atoms with Crippen molar-refractivity contribution >= 4 is 0 Å². The van der Waals surface area contributed by atoms with Crippen LogP contribution < -0.4 is 0 Å². The van der Waals surface area contributed by atoms with Crippen LogP contribution in [0.1, 0.15) is 17.3 Å². The Kier molecular flexibility index (Phi) is 4.24. The van der Waals surface area contributed by atoms with Gasteiger partial charge in [-0.2, -0.15) is 0 Å². The van der Waals surface area contributed by atoms with Crippen LogP contribution in [0.15, 0.2) is 36.7 Å². The summed E-state index contributed by atoms with van der Waals surface area (Å²) in [5.74, 6) is 0.447. The monoisotopic (exact) mass is 305 g/mol. The molecule has 0 bridgehead atoms. The van der Waals surface area contributed by atoms with E-state index in [0.29, 0.717) is 13.1 Å². The van der Waals surface area contributed by atoms with Crippen molar-refractivity contribution in [2.45, 2.75) is 24.6 Å². The van der Waals surface area contributed by atoms with Gasteiger partial charge in [0.1, 0.15) is 11.6 Å². The summed E-state index contributed by atoms with van der Waals surface area (Å²) in [4.78, 5) is 6.32. The van der Waals surface area contributed by atoms with E-state index < -0.39 is 6.10 Å². The highest BCUT2D eigenvalue weighted by Crippen LogP contribution is 2.33. The zero-order valence-electron chi connectivity index (χ0n) is 12.4. The minimum atomic E-state index is -0.685. The van der Waals surface area contributed by atoms with E-state index in [-0.39, 0.29) is 24.4 Å². The molecule has 22 heavy (non-hydrogen) atoms. The summed E-state index contributed by atoms with van der Waals surface area (Å²) < 4.78 is 15.0. The number of hydrogen-bond acceptors (Lipinski definition) is 4. The lowest BCUT2D eigenvalue weighted by Crippen LogP contribution is -2.38. The molecule has 5 nitrogen and oxygen atoms in total. The number of rotatable bonds is 4. The number of hydrogen-bond donors (Lipinski definition) is 2. The van der Waals surface area contributed by atoms with E-state index in [9.17, 15) is 14.6 Å². The number of aliphatic hydroxyl groups is 2. The first-order valence-corrected chi connectivity index (χ1v) is 7.34. The molecule has 2 N–H and O–H groups in total. The number of imidazole rings is 1. The SMILES string of the molecule is Cn1ccnc1CN1C[C@H](c2ccc(F)cc2)[C@@H](O)[C@H]1CO. The van der Waals surface area contributed by atoms with E-state index in [0.717, 1.165) is 11.4 Å². The van der Waals surface area contributed by atoms with Crippen molar-refractivity contribution in [3.05, 3.63) is 53.9 Å². The van der Waals surface area contributed by atoms with E-state index in [1.807, 2.05) is 22.7 Å². The molecule has 1 aromatic carbocycles. The molecular formula is C16H20FN3O2. The standard InChI is InChI=1S/C16H20FN3O2/c1-19-7-6-18-15(19)9-20-8-13(16(22)14(20)10-21)11-2-4-12(17)5-3-11/h2-7,13-14,16,21-22H,8-10H2,1H3/t13-,14-,16-/m1/s1. The average Bonchev–Trinajstić information content (AvgIpc) is 3.04.